The average Bonchev–Trinajstić information content (AvgIpc) is 2.82. The molecular weight excluding hydrogens is 567 g/mol. The van der Waals surface area contributed by atoms with Crippen molar-refractivity contribution in [3.63, 3.8) is 0 Å². The lowest BCUT2D eigenvalue weighted by Gasteiger charge is -2.50. The van der Waals surface area contributed by atoms with Crippen LogP contribution in [-0.4, -0.2) is 106 Å². The third-order valence-corrected chi connectivity index (χ3v) is 7.92. The summed E-state index contributed by atoms with van der Waals surface area (Å²) < 4.78 is 0. The average molecular weight is 601 g/mol. The van der Waals surface area contributed by atoms with E-state index in [0.717, 1.165) is 6.29 Å². The Morgan fingerprint density at radius 1 is 1.18 bits per heavy atom. The standard InChI is InChI=1S/C26H32N4O8.2ClH/c1-29(2)13(10-31)9-28-15-6-5-11-7-12-8-14-19(30(3)4)22(34)18(25(27)37)24(36)26(14,38)23(35)17(12)21(33)16(11)20(15)32;;/h5-6,10,12-14,19,28,32-33,36,38H,7-9H2,1-4H3,(H2,27,37);2*1H/t12?,13?,14?,19-,26?;;/m0../s1. The maximum atomic E-state index is 13.8. The third kappa shape index (κ3) is 4.83. The maximum absolute atomic E-state index is 13.8. The van der Waals surface area contributed by atoms with E-state index in [1.165, 1.54) is 4.90 Å². The Kier molecular flexibility index (Phi) is 9.71. The minimum Gasteiger partial charge on any atom is -0.508 e. The highest BCUT2D eigenvalue weighted by molar-refractivity contribution is 6.24. The predicted octanol–water partition coefficient (Wildman–Crippen LogP) is 0.349. The molecule has 0 radical (unpaired) electrons. The fraction of sp³-hybridized carbons (Fsp3) is 0.462. The van der Waals surface area contributed by atoms with Gasteiger partial charge in [-0.1, -0.05) is 6.07 Å². The monoisotopic (exact) mass is 600 g/mol. The molecule has 0 aromatic heterocycles. The summed E-state index contributed by atoms with van der Waals surface area (Å²) in [5.74, 6) is -6.95. The largest absolute Gasteiger partial charge is 0.508 e. The molecule has 0 bridgehead atoms. The number of amides is 1. The van der Waals surface area contributed by atoms with Crippen molar-refractivity contribution in [3.05, 3.63) is 40.2 Å². The van der Waals surface area contributed by atoms with Gasteiger partial charge in [-0.05, 0) is 58.6 Å². The smallest absolute Gasteiger partial charge is 0.255 e. The molecule has 4 rings (SSSR count). The van der Waals surface area contributed by atoms with E-state index in [9.17, 15) is 39.6 Å². The van der Waals surface area contributed by atoms with E-state index in [1.54, 1.807) is 45.2 Å². The number of halogens is 2. The van der Waals surface area contributed by atoms with Gasteiger partial charge in [-0.25, -0.2) is 0 Å². The number of aldehydes is 1. The number of aliphatic hydroxyl groups is 3. The quantitative estimate of drug-likeness (QED) is 0.143. The number of carbonyl (C=O) groups is 4. The number of Topliss-reactive ketones (excluding diaryl/α,β-unsaturated/α-hetero) is 2. The van der Waals surface area contributed by atoms with E-state index in [2.05, 4.69) is 5.32 Å². The molecular formula is C26H34Cl2N4O8. The fourth-order valence-corrected chi connectivity index (χ4v) is 5.93. The lowest BCUT2D eigenvalue weighted by Crippen LogP contribution is -2.65. The first kappa shape index (κ1) is 33.0. The zero-order valence-corrected chi connectivity index (χ0v) is 24.0. The Labute approximate surface area is 243 Å². The van der Waals surface area contributed by atoms with Crippen LogP contribution in [0.4, 0.5) is 5.69 Å². The molecule has 3 aliphatic carbocycles. The number of nitrogens with two attached hydrogens (primary N) is 1. The van der Waals surface area contributed by atoms with Gasteiger partial charge in [0.2, 0.25) is 5.78 Å². The summed E-state index contributed by atoms with van der Waals surface area (Å²) in [4.78, 5) is 53.4. The van der Waals surface area contributed by atoms with Crippen molar-refractivity contribution in [2.24, 2.45) is 17.6 Å². The van der Waals surface area contributed by atoms with Crippen molar-refractivity contribution in [2.45, 2.75) is 30.5 Å². The Morgan fingerprint density at radius 2 is 1.80 bits per heavy atom. The van der Waals surface area contributed by atoms with E-state index >= 15 is 0 Å². The lowest BCUT2D eigenvalue weighted by molar-refractivity contribution is -0.153. The van der Waals surface area contributed by atoms with Crippen LogP contribution in [0.3, 0.4) is 0 Å². The molecule has 5 atom stereocenters. The van der Waals surface area contributed by atoms with Gasteiger partial charge in [-0.2, -0.15) is 0 Å². The number of aliphatic hydroxyl groups excluding tert-OH is 2. The van der Waals surface area contributed by atoms with Gasteiger partial charge < -0.3 is 36.3 Å². The van der Waals surface area contributed by atoms with Crippen molar-refractivity contribution in [1.29, 1.82) is 0 Å². The molecule has 3 aliphatic rings. The third-order valence-electron chi connectivity index (χ3n) is 7.92. The number of primary amides is 1. The van der Waals surface area contributed by atoms with Crippen LogP contribution in [-0.2, 0) is 25.6 Å². The SMILES string of the molecule is CN(C)C(C=O)CNc1ccc2c(c1O)C(O)=C1C(=O)C3(O)C(O)=C(C(N)=O)C(=O)[C@@H](N(C)C)C3CC1C2.Cl.Cl. The second-order valence-corrected chi connectivity index (χ2v) is 10.5. The van der Waals surface area contributed by atoms with Crippen LogP contribution in [0, 0.1) is 11.8 Å². The number of carbonyl (C=O) groups excluding carboxylic acids is 4. The highest BCUT2D eigenvalue weighted by Crippen LogP contribution is 2.53. The summed E-state index contributed by atoms with van der Waals surface area (Å²) in [5.41, 5.74) is 2.32. The van der Waals surface area contributed by atoms with Crippen LogP contribution in [0.25, 0.3) is 5.76 Å². The minimum atomic E-state index is -2.68. The molecule has 1 saturated carbocycles. The molecule has 1 aromatic carbocycles. The van der Waals surface area contributed by atoms with Crippen molar-refractivity contribution in [3.8, 4) is 5.75 Å². The topological polar surface area (TPSA) is 194 Å². The van der Waals surface area contributed by atoms with Crippen LogP contribution >= 0.6 is 24.8 Å². The van der Waals surface area contributed by atoms with Crippen LogP contribution < -0.4 is 11.1 Å². The lowest BCUT2D eigenvalue weighted by atomic mass is 9.57. The first-order valence-electron chi connectivity index (χ1n) is 12.1. The van der Waals surface area contributed by atoms with Crippen molar-refractivity contribution in [2.75, 3.05) is 40.1 Å². The summed E-state index contributed by atoms with van der Waals surface area (Å²) in [6.07, 6.45) is 0.980. The number of anilines is 1. The number of phenols is 1. The number of aromatic hydroxyl groups is 1. The number of fused-ring (bicyclic) bond motifs is 3. The Morgan fingerprint density at radius 3 is 2.33 bits per heavy atom. The zero-order chi connectivity index (χ0) is 28.3. The van der Waals surface area contributed by atoms with Gasteiger partial charge in [0.05, 0.1) is 23.3 Å². The zero-order valence-electron chi connectivity index (χ0n) is 22.4. The highest BCUT2D eigenvalue weighted by Gasteiger charge is 2.64. The molecule has 0 heterocycles. The summed E-state index contributed by atoms with van der Waals surface area (Å²) >= 11 is 0. The minimum absolute atomic E-state index is 0. The molecule has 4 unspecified atom stereocenters. The van der Waals surface area contributed by atoms with Crippen LogP contribution in [0.1, 0.15) is 17.5 Å². The number of phenolic OH excluding ortho intramolecular Hbond substituents is 1. The van der Waals surface area contributed by atoms with Crippen molar-refractivity contribution >= 4 is 60.0 Å². The fourth-order valence-electron chi connectivity index (χ4n) is 5.93. The van der Waals surface area contributed by atoms with Crippen LogP contribution in [0.2, 0.25) is 0 Å². The van der Waals surface area contributed by atoms with Crippen LogP contribution in [0.15, 0.2) is 29.0 Å². The van der Waals surface area contributed by atoms with E-state index in [1.807, 2.05) is 0 Å². The number of hydrogen-bond donors (Lipinski definition) is 6. The first-order chi connectivity index (χ1) is 17.8. The molecule has 1 fully saturated rings. The van der Waals surface area contributed by atoms with E-state index in [0.29, 0.717) is 5.56 Å². The number of nitrogens with zero attached hydrogens (tertiary/aromatic N) is 2. The number of nitrogens with one attached hydrogen (secondary N) is 1. The number of benzene rings is 1. The Bertz CT molecular complexity index is 1310. The van der Waals surface area contributed by atoms with Crippen molar-refractivity contribution < 1.29 is 39.6 Å². The summed E-state index contributed by atoms with van der Waals surface area (Å²) in [5, 5.41) is 47.8. The highest BCUT2D eigenvalue weighted by atomic mass is 35.5. The summed E-state index contributed by atoms with van der Waals surface area (Å²) in [6, 6.07) is 1.67. The van der Waals surface area contributed by atoms with Gasteiger partial charge in [-0.15, -0.1) is 24.8 Å². The second-order valence-electron chi connectivity index (χ2n) is 10.5. The van der Waals surface area contributed by atoms with Gasteiger partial charge in [0.1, 0.15) is 29.1 Å². The number of likely N-dealkylation sites (N-methyl/N-ethyl adjacent to an activating group) is 2. The molecule has 1 aromatic rings. The van der Waals surface area contributed by atoms with Gasteiger partial charge in [0, 0.05) is 18.0 Å². The summed E-state index contributed by atoms with van der Waals surface area (Å²) in [6.45, 7) is 0.164. The number of hydrogen-bond acceptors (Lipinski definition) is 11. The normalized spacial score (nSPS) is 26.3. The number of rotatable bonds is 7. The first-order valence-corrected chi connectivity index (χ1v) is 12.1. The van der Waals surface area contributed by atoms with E-state index in [-0.39, 0.29) is 66.8 Å². The Hall–Kier alpha value is -3.16. The molecule has 12 nitrogen and oxygen atoms in total. The molecule has 7 N–H and O–H groups in total. The molecule has 0 spiro atoms. The van der Waals surface area contributed by atoms with Gasteiger partial charge in [0.15, 0.2) is 11.4 Å². The molecule has 1 amide bonds. The van der Waals surface area contributed by atoms with E-state index in [4.69, 9.17) is 5.73 Å². The second kappa shape index (κ2) is 11.8. The molecule has 220 valence electrons. The van der Waals surface area contributed by atoms with Crippen LogP contribution in [0.5, 0.6) is 5.75 Å². The number of ketones is 2. The molecule has 14 heteroatoms. The molecule has 0 aliphatic heterocycles. The maximum Gasteiger partial charge on any atom is 0.255 e. The Balaban J connectivity index is 0.00000280. The summed E-state index contributed by atoms with van der Waals surface area (Å²) in [7, 11) is 6.55. The van der Waals surface area contributed by atoms with Gasteiger partial charge >= 0.3 is 0 Å². The predicted molar refractivity (Wildman–Crippen MR) is 151 cm³/mol. The molecule has 0 saturated heterocycles. The molecule has 40 heavy (non-hydrogen) atoms. The van der Waals surface area contributed by atoms with E-state index < -0.39 is 64.1 Å². The van der Waals surface area contributed by atoms with Gasteiger partial charge in [0.25, 0.3) is 5.91 Å². The van der Waals surface area contributed by atoms with Crippen molar-refractivity contribution in [1.82, 2.24) is 9.80 Å². The van der Waals surface area contributed by atoms with Gasteiger partial charge in [-0.3, -0.25) is 24.2 Å².